The number of hydrogen-bond acceptors (Lipinski definition) is 6. The lowest BCUT2D eigenvalue weighted by Gasteiger charge is -2.23. The number of nitrogens with one attached hydrogen (secondary N) is 1. The normalized spacial score (nSPS) is 17.7. The van der Waals surface area contributed by atoms with Gasteiger partial charge < -0.3 is 14.6 Å². The smallest absolute Gasteiger partial charge is 0.239 e. The van der Waals surface area contributed by atoms with Crippen molar-refractivity contribution in [2.45, 2.75) is 32.4 Å². The van der Waals surface area contributed by atoms with Gasteiger partial charge in [-0.2, -0.15) is 0 Å². The summed E-state index contributed by atoms with van der Waals surface area (Å²) < 4.78 is 10.7. The molecule has 3 heterocycles. The molecule has 23 heavy (non-hydrogen) atoms. The van der Waals surface area contributed by atoms with E-state index in [9.17, 15) is 4.79 Å². The summed E-state index contributed by atoms with van der Waals surface area (Å²) in [5, 5.41) is 8.62. The van der Waals surface area contributed by atoms with Gasteiger partial charge in [0.05, 0.1) is 12.6 Å². The largest absolute Gasteiger partial charge is 0.377 e. The molecule has 0 bridgehead atoms. The van der Waals surface area contributed by atoms with Crippen LogP contribution in [0.1, 0.15) is 23.5 Å². The molecule has 0 radical (unpaired) electrons. The van der Waals surface area contributed by atoms with E-state index < -0.39 is 0 Å². The molecule has 1 amide bonds. The summed E-state index contributed by atoms with van der Waals surface area (Å²) in [6.07, 6.45) is 2.38. The molecule has 124 valence electrons. The van der Waals surface area contributed by atoms with Crippen LogP contribution >= 0.6 is 11.3 Å². The summed E-state index contributed by atoms with van der Waals surface area (Å²) in [5.74, 6) is 1.05. The Kier molecular flexibility index (Phi) is 5.43. The minimum atomic E-state index is -0.0900. The molecule has 7 heteroatoms. The molecule has 2 aromatic rings. The maximum Gasteiger partial charge on any atom is 0.239 e. The second-order valence-corrected chi connectivity index (χ2v) is 6.79. The van der Waals surface area contributed by atoms with E-state index >= 15 is 0 Å². The average Bonchev–Trinajstić information content (AvgIpc) is 3.23. The van der Waals surface area contributed by atoms with Crippen LogP contribution in [-0.2, 0) is 16.1 Å². The fourth-order valence-electron chi connectivity index (χ4n) is 2.70. The molecule has 0 saturated carbocycles. The average molecular weight is 335 g/mol. The van der Waals surface area contributed by atoms with Gasteiger partial charge in [-0.15, -0.1) is 11.3 Å². The van der Waals surface area contributed by atoms with Gasteiger partial charge >= 0.3 is 0 Å². The Bertz CT molecular complexity index is 620. The van der Waals surface area contributed by atoms with Crippen LogP contribution in [0.25, 0.3) is 0 Å². The number of aromatic nitrogens is 1. The lowest BCUT2D eigenvalue weighted by Crippen LogP contribution is -2.37. The fourth-order valence-corrected chi connectivity index (χ4v) is 3.44. The second kappa shape index (κ2) is 7.72. The molecule has 2 aromatic heterocycles. The number of carbonyl (C=O) groups is 1. The van der Waals surface area contributed by atoms with Gasteiger partial charge in [-0.1, -0.05) is 11.2 Å². The summed E-state index contributed by atoms with van der Waals surface area (Å²) in [5.41, 5.74) is 0. The number of nitrogens with zero attached hydrogens (tertiary/aromatic N) is 2. The van der Waals surface area contributed by atoms with Crippen molar-refractivity contribution in [3.05, 3.63) is 34.2 Å². The van der Waals surface area contributed by atoms with Crippen molar-refractivity contribution in [3.63, 3.8) is 0 Å². The van der Waals surface area contributed by atoms with E-state index in [0.717, 1.165) is 32.5 Å². The van der Waals surface area contributed by atoms with Gasteiger partial charge in [0, 0.05) is 30.6 Å². The highest BCUT2D eigenvalue weighted by atomic mass is 32.1. The van der Waals surface area contributed by atoms with E-state index in [4.69, 9.17) is 9.26 Å². The third-order valence-corrected chi connectivity index (χ3v) is 4.57. The fraction of sp³-hybridized carbons (Fsp3) is 0.500. The topological polar surface area (TPSA) is 67.6 Å². The lowest BCUT2D eigenvalue weighted by molar-refractivity contribution is -0.117. The molecule has 0 aliphatic carbocycles. The first-order valence-corrected chi connectivity index (χ1v) is 8.66. The van der Waals surface area contributed by atoms with E-state index in [1.807, 2.05) is 6.07 Å². The van der Waals surface area contributed by atoms with Gasteiger partial charge in [-0.25, -0.2) is 0 Å². The highest BCUT2D eigenvalue weighted by molar-refractivity contribution is 7.09. The Balaban J connectivity index is 1.58. The van der Waals surface area contributed by atoms with Crippen molar-refractivity contribution >= 4 is 23.1 Å². The SMILES string of the molecule is Cc1cc(NC(=O)CN(Cc2cccs2)C[C@H]2CCCO2)no1. The Labute approximate surface area is 139 Å². The molecule has 0 spiro atoms. The van der Waals surface area contributed by atoms with Crippen LogP contribution in [0, 0.1) is 6.92 Å². The molecule has 1 saturated heterocycles. The first-order chi connectivity index (χ1) is 11.2. The standard InChI is InChI=1S/C16H21N3O3S/c1-12-8-15(18-22-12)17-16(20)11-19(9-13-4-2-6-21-13)10-14-5-3-7-23-14/h3,5,7-8,13H,2,4,6,9-11H2,1H3,(H,17,18,20)/t13-/m1/s1. The molecular formula is C16H21N3O3S. The van der Waals surface area contributed by atoms with Gasteiger partial charge in [0.25, 0.3) is 0 Å². The van der Waals surface area contributed by atoms with Crippen LogP contribution in [0.5, 0.6) is 0 Å². The van der Waals surface area contributed by atoms with E-state index in [-0.39, 0.29) is 12.0 Å². The molecule has 3 rings (SSSR count). The van der Waals surface area contributed by atoms with Gasteiger partial charge in [0.15, 0.2) is 5.82 Å². The highest BCUT2D eigenvalue weighted by Gasteiger charge is 2.21. The summed E-state index contributed by atoms with van der Waals surface area (Å²) in [6, 6.07) is 5.83. The molecular weight excluding hydrogens is 314 g/mol. The second-order valence-electron chi connectivity index (χ2n) is 5.75. The quantitative estimate of drug-likeness (QED) is 0.842. The number of anilines is 1. The highest BCUT2D eigenvalue weighted by Crippen LogP contribution is 2.17. The Morgan fingerprint density at radius 3 is 3.13 bits per heavy atom. The number of thiophene rings is 1. The number of rotatable bonds is 7. The molecule has 1 aliphatic heterocycles. The Hall–Kier alpha value is -1.70. The van der Waals surface area contributed by atoms with Crippen molar-refractivity contribution in [2.24, 2.45) is 0 Å². The van der Waals surface area contributed by atoms with Crippen molar-refractivity contribution in [3.8, 4) is 0 Å². The number of ether oxygens (including phenoxy) is 1. The maximum atomic E-state index is 12.3. The zero-order valence-corrected chi connectivity index (χ0v) is 14.0. The van der Waals surface area contributed by atoms with Crippen molar-refractivity contribution < 1.29 is 14.1 Å². The summed E-state index contributed by atoms with van der Waals surface area (Å²) >= 11 is 1.70. The summed E-state index contributed by atoms with van der Waals surface area (Å²) in [6.45, 7) is 4.45. The molecule has 1 N–H and O–H groups in total. The monoisotopic (exact) mass is 335 g/mol. The van der Waals surface area contributed by atoms with E-state index in [2.05, 4.69) is 26.8 Å². The lowest BCUT2D eigenvalue weighted by atomic mass is 10.2. The number of aryl methyl sites for hydroxylation is 1. The van der Waals surface area contributed by atoms with Gasteiger partial charge in [0.1, 0.15) is 5.76 Å². The van der Waals surface area contributed by atoms with Crippen molar-refractivity contribution in [2.75, 3.05) is 25.0 Å². The van der Waals surface area contributed by atoms with Crippen molar-refractivity contribution in [1.29, 1.82) is 0 Å². The van der Waals surface area contributed by atoms with Crippen LogP contribution in [0.15, 0.2) is 28.1 Å². The molecule has 0 aromatic carbocycles. The zero-order valence-electron chi connectivity index (χ0n) is 13.2. The summed E-state index contributed by atoms with van der Waals surface area (Å²) in [7, 11) is 0. The molecule has 1 atom stereocenters. The van der Waals surface area contributed by atoms with Crippen LogP contribution in [0.3, 0.4) is 0 Å². The zero-order chi connectivity index (χ0) is 16.1. The predicted molar refractivity (Wildman–Crippen MR) is 88.4 cm³/mol. The molecule has 0 unspecified atom stereocenters. The Morgan fingerprint density at radius 1 is 1.57 bits per heavy atom. The van der Waals surface area contributed by atoms with Crippen molar-refractivity contribution in [1.82, 2.24) is 10.1 Å². The first-order valence-electron chi connectivity index (χ1n) is 7.78. The van der Waals surface area contributed by atoms with E-state index in [0.29, 0.717) is 18.1 Å². The van der Waals surface area contributed by atoms with Gasteiger partial charge in [-0.3, -0.25) is 9.69 Å². The first kappa shape index (κ1) is 16.2. The van der Waals surface area contributed by atoms with Gasteiger partial charge in [0.2, 0.25) is 5.91 Å². The summed E-state index contributed by atoms with van der Waals surface area (Å²) in [4.78, 5) is 15.6. The van der Waals surface area contributed by atoms with Crippen LogP contribution in [0.4, 0.5) is 5.82 Å². The molecule has 1 aliphatic rings. The molecule has 1 fully saturated rings. The Morgan fingerprint density at radius 2 is 2.48 bits per heavy atom. The number of amides is 1. The third kappa shape index (κ3) is 4.89. The van der Waals surface area contributed by atoms with Crippen LogP contribution in [0.2, 0.25) is 0 Å². The predicted octanol–water partition coefficient (Wildman–Crippen LogP) is 2.66. The minimum absolute atomic E-state index is 0.0900. The van der Waals surface area contributed by atoms with E-state index in [1.54, 1.807) is 24.3 Å². The van der Waals surface area contributed by atoms with Crippen LogP contribution < -0.4 is 5.32 Å². The van der Waals surface area contributed by atoms with Crippen LogP contribution in [-0.4, -0.2) is 41.8 Å². The maximum absolute atomic E-state index is 12.3. The number of carbonyl (C=O) groups excluding carboxylic acids is 1. The van der Waals surface area contributed by atoms with E-state index in [1.165, 1.54) is 4.88 Å². The minimum Gasteiger partial charge on any atom is -0.377 e. The number of hydrogen-bond donors (Lipinski definition) is 1. The molecule has 6 nitrogen and oxygen atoms in total. The third-order valence-electron chi connectivity index (χ3n) is 3.71. The van der Waals surface area contributed by atoms with Gasteiger partial charge in [-0.05, 0) is 31.2 Å².